The maximum absolute atomic E-state index is 13.8. The van der Waals surface area contributed by atoms with Crippen LogP contribution in [0.2, 0.25) is 0 Å². The molecular weight excluding hydrogens is 594 g/mol. The summed E-state index contributed by atoms with van der Waals surface area (Å²) in [6.45, 7) is 9.74. The predicted octanol–water partition coefficient (Wildman–Crippen LogP) is 3.61. The summed E-state index contributed by atoms with van der Waals surface area (Å²) in [7, 11) is 0. The minimum atomic E-state index is -1.05. The van der Waals surface area contributed by atoms with Gasteiger partial charge in [-0.25, -0.2) is 9.78 Å². The lowest BCUT2D eigenvalue weighted by atomic mass is 10.1. The molecule has 0 spiro atoms. The van der Waals surface area contributed by atoms with E-state index in [4.69, 9.17) is 18.9 Å². The molecule has 1 aromatic heterocycles. The van der Waals surface area contributed by atoms with Crippen molar-refractivity contribution in [1.82, 2.24) is 25.1 Å². The van der Waals surface area contributed by atoms with Gasteiger partial charge in [0.05, 0.1) is 19.8 Å². The highest BCUT2D eigenvalue weighted by atomic mass is 16.6. The lowest BCUT2D eigenvalue weighted by Gasteiger charge is -2.36. The number of hydrogen-bond acceptors (Lipinski definition) is 10. The number of unbranched alkanes of at least 4 members (excludes halogenated alkanes) is 1. The van der Waals surface area contributed by atoms with Gasteiger partial charge in [-0.2, -0.15) is 4.98 Å². The van der Waals surface area contributed by atoms with Gasteiger partial charge in [-0.3, -0.25) is 14.4 Å². The molecule has 0 unspecified atom stereocenters. The van der Waals surface area contributed by atoms with E-state index in [1.54, 1.807) is 30.6 Å². The van der Waals surface area contributed by atoms with Gasteiger partial charge >= 0.3 is 12.1 Å². The number of nitrogens with one attached hydrogen (secondary N) is 1. The Morgan fingerprint density at radius 1 is 1.04 bits per heavy atom. The molecule has 2 fully saturated rings. The zero-order chi connectivity index (χ0) is 33.1. The molecule has 0 aliphatic carbocycles. The van der Waals surface area contributed by atoms with Crippen molar-refractivity contribution in [2.24, 2.45) is 0 Å². The van der Waals surface area contributed by atoms with Crippen molar-refractivity contribution in [3.05, 3.63) is 42.1 Å². The fraction of sp³-hybridized carbons (Fsp3) is 0.576. The minimum Gasteiger partial charge on any atom is -0.472 e. The van der Waals surface area contributed by atoms with Crippen molar-refractivity contribution >= 4 is 23.9 Å². The van der Waals surface area contributed by atoms with Crippen molar-refractivity contribution in [2.45, 2.75) is 77.5 Å². The second-order valence-corrected chi connectivity index (χ2v) is 12.3. The number of hydrogen-bond donors (Lipinski definition) is 1. The van der Waals surface area contributed by atoms with Gasteiger partial charge in [0, 0.05) is 50.7 Å². The van der Waals surface area contributed by atoms with Crippen molar-refractivity contribution in [1.29, 1.82) is 0 Å². The van der Waals surface area contributed by atoms with E-state index in [2.05, 4.69) is 15.3 Å². The van der Waals surface area contributed by atoms with Gasteiger partial charge in [0.15, 0.2) is 5.82 Å². The minimum absolute atomic E-state index is 0.0116. The Labute approximate surface area is 269 Å². The average molecular weight is 640 g/mol. The Balaban J connectivity index is 1.51. The van der Waals surface area contributed by atoms with Gasteiger partial charge < -0.3 is 34.1 Å². The molecule has 2 aliphatic heterocycles. The van der Waals surface area contributed by atoms with Crippen LogP contribution in [0.3, 0.4) is 0 Å². The van der Waals surface area contributed by atoms with E-state index in [1.165, 1.54) is 6.07 Å². The van der Waals surface area contributed by atoms with Gasteiger partial charge in [-0.1, -0.05) is 43.7 Å². The van der Waals surface area contributed by atoms with E-state index >= 15 is 0 Å². The summed E-state index contributed by atoms with van der Waals surface area (Å²) < 4.78 is 22.2. The van der Waals surface area contributed by atoms with Crippen LogP contribution < -0.4 is 10.1 Å². The molecule has 250 valence electrons. The highest BCUT2D eigenvalue weighted by Gasteiger charge is 2.32. The van der Waals surface area contributed by atoms with E-state index in [9.17, 15) is 19.2 Å². The fourth-order valence-electron chi connectivity index (χ4n) is 4.96. The third kappa shape index (κ3) is 10.4. The first-order valence-corrected chi connectivity index (χ1v) is 15.9. The molecule has 13 heteroatoms. The molecule has 1 aromatic carbocycles. The van der Waals surface area contributed by atoms with Crippen LogP contribution in [-0.4, -0.2) is 107 Å². The molecule has 0 bridgehead atoms. The number of carbonyl (C=O) groups is 4. The van der Waals surface area contributed by atoms with Crippen LogP contribution in [0.1, 0.15) is 70.3 Å². The van der Waals surface area contributed by atoms with Gasteiger partial charge in [0.2, 0.25) is 11.8 Å². The Bertz CT molecular complexity index is 1340. The fourth-order valence-corrected chi connectivity index (χ4v) is 4.96. The van der Waals surface area contributed by atoms with Crippen molar-refractivity contribution in [2.75, 3.05) is 46.0 Å². The molecule has 2 aromatic rings. The van der Waals surface area contributed by atoms with Gasteiger partial charge in [0.25, 0.3) is 5.91 Å². The summed E-state index contributed by atoms with van der Waals surface area (Å²) in [5.74, 6) is -0.962. The summed E-state index contributed by atoms with van der Waals surface area (Å²) in [6, 6.07) is 9.59. The molecule has 13 nitrogen and oxygen atoms in total. The predicted molar refractivity (Wildman–Crippen MR) is 168 cm³/mol. The third-order valence-corrected chi connectivity index (χ3v) is 7.38. The topological polar surface area (TPSA) is 149 Å². The molecule has 3 amide bonds. The maximum atomic E-state index is 13.8. The summed E-state index contributed by atoms with van der Waals surface area (Å²) in [4.78, 5) is 64.7. The second-order valence-electron chi connectivity index (χ2n) is 12.3. The number of rotatable bonds is 12. The van der Waals surface area contributed by atoms with Crippen molar-refractivity contribution < 1.29 is 38.1 Å². The Morgan fingerprint density at radius 2 is 1.76 bits per heavy atom. The molecular formula is C33H45N5O8. The van der Waals surface area contributed by atoms with E-state index in [0.717, 1.165) is 12.8 Å². The number of esters is 1. The number of nitrogens with zero attached hydrogens (tertiary/aromatic N) is 4. The quantitative estimate of drug-likeness (QED) is 0.270. The maximum Gasteiger partial charge on any atom is 0.409 e. The molecule has 1 N–H and O–H groups in total. The smallest absolute Gasteiger partial charge is 0.409 e. The molecule has 4 rings (SSSR count). The molecule has 3 heterocycles. The molecule has 46 heavy (non-hydrogen) atoms. The monoisotopic (exact) mass is 639 g/mol. The molecule has 2 saturated heterocycles. The van der Waals surface area contributed by atoms with Crippen LogP contribution >= 0.6 is 0 Å². The van der Waals surface area contributed by atoms with Crippen LogP contribution in [0.5, 0.6) is 5.88 Å². The van der Waals surface area contributed by atoms with Crippen LogP contribution in [0, 0.1) is 0 Å². The molecule has 2 aliphatic rings. The summed E-state index contributed by atoms with van der Waals surface area (Å²) in [5, 5.41) is 2.80. The van der Waals surface area contributed by atoms with E-state index in [1.807, 2.05) is 37.3 Å². The first-order chi connectivity index (χ1) is 22.0. The number of benzene rings is 1. The number of ether oxygens (including phenoxy) is 4. The van der Waals surface area contributed by atoms with Crippen LogP contribution in [0.15, 0.2) is 36.4 Å². The van der Waals surface area contributed by atoms with Crippen LogP contribution in [0.25, 0.3) is 11.4 Å². The first-order valence-electron chi connectivity index (χ1n) is 15.9. The third-order valence-electron chi connectivity index (χ3n) is 7.38. The number of amides is 3. The lowest BCUT2D eigenvalue weighted by Crippen LogP contribution is -2.56. The Kier molecular flexibility index (Phi) is 12.3. The Hall–Kier alpha value is -4.26. The van der Waals surface area contributed by atoms with Crippen LogP contribution in [0.4, 0.5) is 4.79 Å². The van der Waals surface area contributed by atoms with Crippen molar-refractivity contribution in [3.8, 4) is 17.3 Å². The largest absolute Gasteiger partial charge is 0.472 e. The summed E-state index contributed by atoms with van der Waals surface area (Å²) >= 11 is 0. The van der Waals surface area contributed by atoms with E-state index < -0.39 is 29.6 Å². The summed E-state index contributed by atoms with van der Waals surface area (Å²) in [5.41, 5.74) is 0.00285. The zero-order valence-electron chi connectivity index (χ0n) is 27.2. The Morgan fingerprint density at radius 3 is 2.41 bits per heavy atom. The highest BCUT2D eigenvalue weighted by Crippen LogP contribution is 2.22. The van der Waals surface area contributed by atoms with Gasteiger partial charge in [-0.05, 0) is 33.6 Å². The van der Waals surface area contributed by atoms with Crippen molar-refractivity contribution in [3.63, 3.8) is 0 Å². The van der Waals surface area contributed by atoms with Crippen LogP contribution in [-0.2, 0) is 23.8 Å². The SMILES string of the molecule is CCCCOC(=O)N1CCN(C(=O)[C@H](CCC(=O)OC(C)(C)C)NC(=O)c2cc(O[C@@H]3CCOC3)nc(-c3ccccc3)n2)CC1. The standard InChI is InChI=1S/C33H45N5O8/c1-5-6-19-44-32(42)38-17-15-37(16-18-38)31(41)25(12-13-28(39)46-33(2,3)4)35-30(40)26-21-27(45-24-14-20-43-22-24)36-29(34-26)23-10-8-7-9-11-23/h7-11,21,24-25H,5-6,12-20,22H2,1-4H3,(H,35,40)/t24-,25+/m1/s1. The number of piperazine rings is 1. The lowest BCUT2D eigenvalue weighted by molar-refractivity contribution is -0.155. The van der Waals surface area contributed by atoms with Gasteiger partial charge in [0.1, 0.15) is 23.4 Å². The zero-order valence-corrected chi connectivity index (χ0v) is 27.2. The number of aromatic nitrogens is 2. The first kappa shape index (κ1) is 34.6. The molecule has 2 atom stereocenters. The highest BCUT2D eigenvalue weighted by molar-refractivity contribution is 5.96. The molecule has 0 saturated carbocycles. The normalized spacial score (nSPS) is 17.3. The second kappa shape index (κ2) is 16.3. The average Bonchev–Trinajstić information content (AvgIpc) is 3.55. The van der Waals surface area contributed by atoms with E-state index in [0.29, 0.717) is 50.7 Å². The van der Waals surface area contributed by atoms with E-state index in [-0.39, 0.29) is 49.5 Å². The molecule has 0 radical (unpaired) electrons. The van der Waals surface area contributed by atoms with Gasteiger partial charge in [-0.15, -0.1) is 0 Å². The summed E-state index contributed by atoms with van der Waals surface area (Å²) in [6.07, 6.45) is 1.70. The number of carbonyl (C=O) groups excluding carboxylic acids is 4.